The molecular weight excluding hydrogens is 174 g/mol. The van der Waals surface area contributed by atoms with Crippen LogP contribution >= 0.6 is 10.6 Å². The SMILES string of the molecule is Nc1ccc2c(c1)S(O)(O)CC2. The van der Waals surface area contributed by atoms with E-state index in [2.05, 4.69) is 0 Å². The number of anilines is 1. The van der Waals surface area contributed by atoms with Crippen molar-refractivity contribution in [3.8, 4) is 0 Å². The average molecular weight is 185 g/mol. The predicted molar refractivity (Wildman–Crippen MR) is 50.5 cm³/mol. The van der Waals surface area contributed by atoms with Crippen LogP contribution in [0.1, 0.15) is 5.56 Å². The van der Waals surface area contributed by atoms with Gasteiger partial charge in [0.1, 0.15) is 0 Å². The van der Waals surface area contributed by atoms with Crippen LogP contribution in [0.3, 0.4) is 0 Å². The Morgan fingerprint density at radius 1 is 1.33 bits per heavy atom. The summed E-state index contributed by atoms with van der Waals surface area (Å²) in [5.74, 6) is 0.450. The molecule has 0 fully saturated rings. The van der Waals surface area contributed by atoms with Gasteiger partial charge in [-0.05, 0) is 24.1 Å². The number of benzene rings is 1. The van der Waals surface area contributed by atoms with E-state index in [1.807, 2.05) is 6.07 Å². The van der Waals surface area contributed by atoms with Crippen LogP contribution in [0.2, 0.25) is 0 Å². The summed E-state index contributed by atoms with van der Waals surface area (Å²) in [6, 6.07) is 5.32. The summed E-state index contributed by atoms with van der Waals surface area (Å²) in [6.07, 6.45) is 0.748. The van der Waals surface area contributed by atoms with Gasteiger partial charge in [-0.25, -0.2) is 0 Å². The number of hydrogen-bond acceptors (Lipinski definition) is 3. The fraction of sp³-hybridized carbons (Fsp3) is 0.250. The third-order valence-corrected chi connectivity index (χ3v) is 3.96. The molecule has 1 aromatic rings. The Morgan fingerprint density at radius 3 is 2.83 bits per heavy atom. The lowest BCUT2D eigenvalue weighted by molar-refractivity contribution is 0.492. The van der Waals surface area contributed by atoms with Crippen molar-refractivity contribution in [2.45, 2.75) is 11.3 Å². The number of nitrogen functional groups attached to an aromatic ring is 1. The van der Waals surface area contributed by atoms with E-state index in [0.29, 0.717) is 16.3 Å². The zero-order valence-corrected chi connectivity index (χ0v) is 7.34. The van der Waals surface area contributed by atoms with E-state index >= 15 is 0 Å². The molecule has 0 saturated heterocycles. The van der Waals surface area contributed by atoms with Crippen molar-refractivity contribution in [3.63, 3.8) is 0 Å². The monoisotopic (exact) mass is 185 g/mol. The first-order valence-electron chi connectivity index (χ1n) is 3.74. The van der Waals surface area contributed by atoms with Crippen LogP contribution in [0.4, 0.5) is 5.69 Å². The predicted octanol–water partition coefficient (Wildman–Crippen LogP) is 1.93. The van der Waals surface area contributed by atoms with Crippen molar-refractivity contribution in [1.29, 1.82) is 0 Å². The van der Waals surface area contributed by atoms with Crippen LogP contribution in [0.25, 0.3) is 0 Å². The maximum atomic E-state index is 9.55. The molecule has 4 heteroatoms. The molecule has 1 aromatic carbocycles. The van der Waals surface area contributed by atoms with Crippen molar-refractivity contribution >= 4 is 16.3 Å². The second-order valence-electron chi connectivity index (χ2n) is 2.99. The summed E-state index contributed by atoms with van der Waals surface area (Å²) in [5.41, 5.74) is 7.15. The molecule has 0 bridgehead atoms. The molecule has 3 nitrogen and oxygen atoms in total. The van der Waals surface area contributed by atoms with Gasteiger partial charge in [-0.3, -0.25) is 9.11 Å². The lowest BCUT2D eigenvalue weighted by atomic mass is 10.2. The van der Waals surface area contributed by atoms with Crippen LogP contribution in [-0.2, 0) is 6.42 Å². The van der Waals surface area contributed by atoms with E-state index in [4.69, 9.17) is 5.73 Å². The maximum absolute atomic E-state index is 9.55. The largest absolute Gasteiger partial charge is 0.399 e. The quantitative estimate of drug-likeness (QED) is 0.541. The number of aryl methyl sites for hydroxylation is 1. The van der Waals surface area contributed by atoms with Crippen molar-refractivity contribution in [2.75, 3.05) is 11.5 Å². The zero-order chi connectivity index (χ0) is 8.77. The molecule has 1 aliphatic heterocycles. The van der Waals surface area contributed by atoms with Crippen LogP contribution in [0.15, 0.2) is 23.1 Å². The van der Waals surface area contributed by atoms with Gasteiger partial charge in [-0.1, -0.05) is 6.07 Å². The van der Waals surface area contributed by atoms with Gasteiger partial charge in [-0.2, -0.15) is 10.6 Å². The normalized spacial score (nSPS) is 21.8. The number of nitrogens with two attached hydrogens (primary N) is 1. The number of hydrogen-bond donors (Lipinski definition) is 3. The average Bonchev–Trinajstić information content (AvgIpc) is 2.28. The molecule has 0 spiro atoms. The summed E-state index contributed by atoms with van der Waals surface area (Å²) < 4.78 is 19.1. The molecule has 4 N–H and O–H groups in total. The third-order valence-electron chi connectivity index (χ3n) is 2.10. The van der Waals surface area contributed by atoms with Crippen LogP contribution in [-0.4, -0.2) is 14.9 Å². The summed E-state index contributed by atoms with van der Waals surface area (Å²) in [7, 11) is -2.51. The standard InChI is InChI=1S/C8H11NO2S/c9-7-2-1-6-3-4-12(10,11)8(6)5-7/h1-2,5,10-11H,3-4,9H2. The first-order chi connectivity index (χ1) is 5.59. The van der Waals surface area contributed by atoms with Crippen LogP contribution in [0.5, 0.6) is 0 Å². The molecule has 2 rings (SSSR count). The topological polar surface area (TPSA) is 66.5 Å². The molecule has 0 saturated carbocycles. The highest BCUT2D eigenvalue weighted by Gasteiger charge is 2.26. The van der Waals surface area contributed by atoms with E-state index in [9.17, 15) is 9.11 Å². The Kier molecular flexibility index (Phi) is 1.57. The second kappa shape index (κ2) is 2.39. The Balaban J connectivity index is 2.57. The maximum Gasteiger partial charge on any atom is 0.0636 e. The Hall–Kier alpha value is -0.710. The summed E-state index contributed by atoms with van der Waals surface area (Å²) in [6.45, 7) is 0. The van der Waals surface area contributed by atoms with E-state index < -0.39 is 10.6 Å². The van der Waals surface area contributed by atoms with Gasteiger partial charge >= 0.3 is 0 Å². The zero-order valence-electron chi connectivity index (χ0n) is 6.53. The molecule has 0 aliphatic carbocycles. The van der Waals surface area contributed by atoms with E-state index in [-0.39, 0.29) is 0 Å². The van der Waals surface area contributed by atoms with Crippen molar-refractivity contribution in [3.05, 3.63) is 23.8 Å². The molecule has 0 unspecified atom stereocenters. The van der Waals surface area contributed by atoms with E-state index in [1.54, 1.807) is 12.1 Å². The Morgan fingerprint density at radius 2 is 2.08 bits per heavy atom. The van der Waals surface area contributed by atoms with Crippen molar-refractivity contribution < 1.29 is 9.11 Å². The molecule has 0 amide bonds. The molecule has 66 valence electrons. The smallest absolute Gasteiger partial charge is 0.0636 e. The summed E-state index contributed by atoms with van der Waals surface area (Å²) in [5, 5.41) is 0. The van der Waals surface area contributed by atoms with Gasteiger partial charge in [-0.15, -0.1) is 0 Å². The molecule has 0 aromatic heterocycles. The van der Waals surface area contributed by atoms with E-state index in [0.717, 1.165) is 12.0 Å². The molecule has 1 heterocycles. The van der Waals surface area contributed by atoms with Gasteiger partial charge in [0.15, 0.2) is 0 Å². The van der Waals surface area contributed by atoms with Crippen LogP contribution in [0, 0.1) is 0 Å². The molecule has 12 heavy (non-hydrogen) atoms. The van der Waals surface area contributed by atoms with Crippen molar-refractivity contribution in [1.82, 2.24) is 0 Å². The minimum Gasteiger partial charge on any atom is -0.399 e. The highest BCUT2D eigenvalue weighted by atomic mass is 32.3. The highest BCUT2D eigenvalue weighted by Crippen LogP contribution is 2.55. The van der Waals surface area contributed by atoms with E-state index in [1.165, 1.54) is 0 Å². The lowest BCUT2D eigenvalue weighted by Crippen LogP contribution is -1.96. The Labute approximate surface area is 72.6 Å². The number of fused-ring (bicyclic) bond motifs is 1. The third kappa shape index (κ3) is 1.08. The van der Waals surface area contributed by atoms with Gasteiger partial charge in [0, 0.05) is 11.4 Å². The van der Waals surface area contributed by atoms with Crippen LogP contribution < -0.4 is 5.73 Å². The van der Waals surface area contributed by atoms with Gasteiger partial charge in [0.05, 0.1) is 4.90 Å². The van der Waals surface area contributed by atoms with Gasteiger partial charge in [0.2, 0.25) is 0 Å². The molecule has 0 radical (unpaired) electrons. The lowest BCUT2D eigenvalue weighted by Gasteiger charge is -2.27. The molecule has 1 aliphatic rings. The van der Waals surface area contributed by atoms with Crippen molar-refractivity contribution in [2.24, 2.45) is 0 Å². The molecule has 0 atom stereocenters. The molecular formula is C8H11NO2S. The first-order valence-corrected chi connectivity index (χ1v) is 5.45. The summed E-state index contributed by atoms with van der Waals surface area (Å²) in [4.78, 5) is 0.641. The minimum absolute atomic E-state index is 0.450. The fourth-order valence-electron chi connectivity index (χ4n) is 1.44. The first kappa shape index (κ1) is 7.91. The van der Waals surface area contributed by atoms with Gasteiger partial charge < -0.3 is 5.73 Å². The van der Waals surface area contributed by atoms with Gasteiger partial charge in [0.25, 0.3) is 0 Å². The summed E-state index contributed by atoms with van der Waals surface area (Å²) >= 11 is 0. The highest BCUT2D eigenvalue weighted by molar-refractivity contribution is 8.24. The minimum atomic E-state index is -2.51. The fourth-order valence-corrected chi connectivity index (χ4v) is 3.08. The Bertz CT molecular complexity index is 325. The number of rotatable bonds is 0. The second-order valence-corrected chi connectivity index (χ2v) is 5.17.